The van der Waals surface area contributed by atoms with Crippen LogP contribution < -0.4 is 4.74 Å². The lowest BCUT2D eigenvalue weighted by Gasteiger charge is -2.07. The van der Waals surface area contributed by atoms with Crippen LogP contribution in [0.15, 0.2) is 16.6 Å². The van der Waals surface area contributed by atoms with Gasteiger partial charge in [0.25, 0.3) is 0 Å². The fourth-order valence-corrected chi connectivity index (χ4v) is 1.82. The molecule has 0 radical (unpaired) electrons. The largest absolute Gasteiger partial charge is 0.485 e. The van der Waals surface area contributed by atoms with Gasteiger partial charge in [-0.3, -0.25) is 9.59 Å². The maximum absolute atomic E-state index is 11.7. The molecule has 0 bridgehead atoms. The lowest BCUT2D eigenvalue weighted by molar-refractivity contribution is -0.119. The SMILES string of the molecule is Cc1cc2c(cc1Br)C(=O)CC(=O)CO2. The summed E-state index contributed by atoms with van der Waals surface area (Å²) in [5.41, 5.74) is 1.47. The molecule has 1 aromatic rings. The molecule has 0 amide bonds. The fraction of sp³-hybridized carbons (Fsp3) is 0.273. The molecule has 1 aromatic carbocycles. The molecule has 15 heavy (non-hydrogen) atoms. The molecule has 0 spiro atoms. The van der Waals surface area contributed by atoms with Crippen LogP contribution in [0.25, 0.3) is 0 Å². The minimum atomic E-state index is -0.176. The Morgan fingerprint density at radius 2 is 2.07 bits per heavy atom. The summed E-state index contributed by atoms with van der Waals surface area (Å²) in [6, 6.07) is 3.49. The molecule has 0 atom stereocenters. The summed E-state index contributed by atoms with van der Waals surface area (Å²) in [5, 5.41) is 0. The Labute approximate surface area is 95.6 Å². The minimum Gasteiger partial charge on any atom is -0.485 e. The lowest BCUT2D eigenvalue weighted by atomic mass is 10.0. The summed E-state index contributed by atoms with van der Waals surface area (Å²) in [7, 11) is 0. The van der Waals surface area contributed by atoms with Crippen LogP contribution in [0.1, 0.15) is 22.3 Å². The monoisotopic (exact) mass is 268 g/mol. The van der Waals surface area contributed by atoms with Crippen molar-refractivity contribution in [2.75, 3.05) is 6.61 Å². The summed E-state index contributed by atoms with van der Waals surface area (Å²) in [4.78, 5) is 22.8. The van der Waals surface area contributed by atoms with Gasteiger partial charge in [-0.05, 0) is 24.6 Å². The zero-order chi connectivity index (χ0) is 11.0. The zero-order valence-corrected chi connectivity index (χ0v) is 9.76. The first-order valence-electron chi connectivity index (χ1n) is 4.56. The van der Waals surface area contributed by atoms with Crippen molar-refractivity contribution in [2.45, 2.75) is 13.3 Å². The van der Waals surface area contributed by atoms with Gasteiger partial charge in [0.15, 0.2) is 11.6 Å². The van der Waals surface area contributed by atoms with E-state index in [2.05, 4.69) is 15.9 Å². The molecule has 1 aliphatic rings. The van der Waals surface area contributed by atoms with Crippen molar-refractivity contribution in [3.05, 3.63) is 27.7 Å². The van der Waals surface area contributed by atoms with E-state index in [1.54, 1.807) is 12.1 Å². The molecule has 2 rings (SSSR count). The molecule has 0 fully saturated rings. The van der Waals surface area contributed by atoms with E-state index in [9.17, 15) is 9.59 Å². The summed E-state index contributed by atoms with van der Waals surface area (Å²) in [5.74, 6) is 0.157. The van der Waals surface area contributed by atoms with Crippen molar-refractivity contribution in [1.29, 1.82) is 0 Å². The highest BCUT2D eigenvalue weighted by molar-refractivity contribution is 9.10. The maximum Gasteiger partial charge on any atom is 0.177 e. The number of halogens is 1. The second-order valence-electron chi connectivity index (χ2n) is 3.52. The predicted octanol–water partition coefficient (Wildman–Crippen LogP) is 2.29. The first kappa shape index (κ1) is 10.4. The Bertz CT molecular complexity index is 451. The topological polar surface area (TPSA) is 43.4 Å². The smallest absolute Gasteiger partial charge is 0.177 e. The van der Waals surface area contributed by atoms with E-state index < -0.39 is 0 Å². The van der Waals surface area contributed by atoms with Crippen LogP contribution in [0.4, 0.5) is 0 Å². The molecule has 0 aromatic heterocycles. The fourth-order valence-electron chi connectivity index (χ4n) is 1.48. The number of hydrogen-bond acceptors (Lipinski definition) is 3. The summed E-state index contributed by atoms with van der Waals surface area (Å²) >= 11 is 3.35. The average molecular weight is 269 g/mol. The first-order chi connectivity index (χ1) is 7.08. The Hall–Kier alpha value is -1.16. The van der Waals surface area contributed by atoms with Crippen LogP contribution in [0.5, 0.6) is 5.75 Å². The van der Waals surface area contributed by atoms with Gasteiger partial charge in [-0.15, -0.1) is 0 Å². The Morgan fingerprint density at radius 3 is 2.80 bits per heavy atom. The molecule has 0 N–H and O–H groups in total. The number of ether oxygens (including phenoxy) is 1. The second kappa shape index (κ2) is 3.77. The number of ketones is 2. The highest BCUT2D eigenvalue weighted by atomic mass is 79.9. The van der Waals surface area contributed by atoms with Crippen LogP contribution in [-0.4, -0.2) is 18.2 Å². The number of Topliss-reactive ketones (excluding diaryl/α,β-unsaturated/α-hetero) is 2. The van der Waals surface area contributed by atoms with E-state index in [1.807, 2.05) is 6.92 Å². The van der Waals surface area contributed by atoms with E-state index in [-0.39, 0.29) is 24.6 Å². The number of fused-ring (bicyclic) bond motifs is 1. The third-order valence-corrected chi connectivity index (χ3v) is 3.16. The predicted molar refractivity (Wildman–Crippen MR) is 58.3 cm³/mol. The number of carbonyl (C=O) groups excluding carboxylic acids is 2. The first-order valence-corrected chi connectivity index (χ1v) is 5.35. The number of hydrogen-bond donors (Lipinski definition) is 0. The van der Waals surface area contributed by atoms with Crippen molar-refractivity contribution in [2.24, 2.45) is 0 Å². The van der Waals surface area contributed by atoms with Gasteiger partial charge in [-0.25, -0.2) is 0 Å². The van der Waals surface area contributed by atoms with Crippen LogP contribution in [-0.2, 0) is 4.79 Å². The molecule has 0 aliphatic carbocycles. The average Bonchev–Trinajstić information content (AvgIpc) is 2.30. The minimum absolute atomic E-state index is 0.0141. The van der Waals surface area contributed by atoms with Crippen molar-refractivity contribution in [3.63, 3.8) is 0 Å². The standard InChI is InChI=1S/C11H9BrO3/c1-6-2-11-8(4-9(6)12)10(14)3-7(13)5-15-11/h2,4H,3,5H2,1H3. The molecular formula is C11H9BrO3. The zero-order valence-electron chi connectivity index (χ0n) is 8.17. The molecule has 0 saturated carbocycles. The lowest BCUT2D eigenvalue weighted by Crippen LogP contribution is -2.10. The summed E-state index contributed by atoms with van der Waals surface area (Å²) in [6.45, 7) is 1.89. The van der Waals surface area contributed by atoms with Gasteiger partial charge in [0.1, 0.15) is 12.4 Å². The van der Waals surface area contributed by atoms with Crippen molar-refractivity contribution >= 4 is 27.5 Å². The van der Waals surface area contributed by atoms with Gasteiger partial charge < -0.3 is 4.74 Å². The highest BCUT2D eigenvalue weighted by Crippen LogP contribution is 2.29. The third-order valence-electron chi connectivity index (χ3n) is 2.31. The van der Waals surface area contributed by atoms with Gasteiger partial charge in [0.05, 0.1) is 12.0 Å². The van der Waals surface area contributed by atoms with Crippen LogP contribution >= 0.6 is 15.9 Å². The summed E-state index contributed by atoms with van der Waals surface area (Å²) in [6.07, 6.45) is -0.0670. The summed E-state index contributed by atoms with van der Waals surface area (Å²) < 4.78 is 6.13. The van der Waals surface area contributed by atoms with Crippen LogP contribution in [0.3, 0.4) is 0 Å². The Balaban J connectivity index is 2.54. The number of rotatable bonds is 0. The van der Waals surface area contributed by atoms with E-state index in [0.717, 1.165) is 10.0 Å². The van der Waals surface area contributed by atoms with Gasteiger partial charge >= 0.3 is 0 Å². The van der Waals surface area contributed by atoms with Crippen molar-refractivity contribution in [1.82, 2.24) is 0 Å². The number of aryl methyl sites for hydroxylation is 1. The molecule has 0 unspecified atom stereocenters. The molecular weight excluding hydrogens is 260 g/mol. The molecule has 0 saturated heterocycles. The third kappa shape index (κ3) is 1.95. The van der Waals surface area contributed by atoms with Gasteiger partial charge in [0, 0.05) is 4.47 Å². The molecule has 1 aliphatic heterocycles. The Morgan fingerprint density at radius 1 is 1.33 bits per heavy atom. The van der Waals surface area contributed by atoms with Crippen molar-refractivity contribution < 1.29 is 14.3 Å². The highest BCUT2D eigenvalue weighted by Gasteiger charge is 2.22. The number of benzene rings is 1. The van der Waals surface area contributed by atoms with Gasteiger partial charge in [-0.1, -0.05) is 15.9 Å². The van der Waals surface area contributed by atoms with E-state index >= 15 is 0 Å². The molecule has 1 heterocycles. The van der Waals surface area contributed by atoms with Crippen LogP contribution in [0, 0.1) is 6.92 Å². The van der Waals surface area contributed by atoms with Crippen molar-refractivity contribution in [3.8, 4) is 5.75 Å². The van der Waals surface area contributed by atoms with Gasteiger partial charge in [0.2, 0.25) is 0 Å². The normalized spacial score (nSPS) is 15.6. The van der Waals surface area contributed by atoms with Crippen LogP contribution in [0.2, 0.25) is 0 Å². The van der Waals surface area contributed by atoms with E-state index in [1.165, 1.54) is 0 Å². The van der Waals surface area contributed by atoms with Gasteiger partial charge in [-0.2, -0.15) is 0 Å². The quantitative estimate of drug-likeness (QED) is 0.679. The molecule has 3 nitrogen and oxygen atoms in total. The van der Waals surface area contributed by atoms with E-state index in [4.69, 9.17) is 4.74 Å². The Kier molecular flexibility index (Phi) is 2.61. The maximum atomic E-state index is 11.7. The molecule has 78 valence electrons. The number of carbonyl (C=O) groups is 2. The second-order valence-corrected chi connectivity index (χ2v) is 4.38. The molecule has 4 heteroatoms. The van der Waals surface area contributed by atoms with E-state index in [0.29, 0.717) is 11.3 Å².